The summed E-state index contributed by atoms with van der Waals surface area (Å²) < 4.78 is 4.99. The summed E-state index contributed by atoms with van der Waals surface area (Å²) in [5, 5.41) is 3.06. The highest BCUT2D eigenvalue weighted by Crippen LogP contribution is 2.29. The Kier molecular flexibility index (Phi) is 8.01. The van der Waals surface area contributed by atoms with E-state index in [-0.39, 0.29) is 11.8 Å². The number of methoxy groups -OCH3 is 1. The lowest BCUT2D eigenvalue weighted by Gasteiger charge is -2.29. The summed E-state index contributed by atoms with van der Waals surface area (Å²) in [7, 11) is 1.72. The molecule has 0 heterocycles. The van der Waals surface area contributed by atoms with Crippen LogP contribution in [0.4, 0.5) is 0 Å². The summed E-state index contributed by atoms with van der Waals surface area (Å²) in [6, 6.07) is 0. The monoisotopic (exact) mass is 256 g/mol. The van der Waals surface area contributed by atoms with Crippen molar-refractivity contribution < 1.29 is 9.53 Å². The van der Waals surface area contributed by atoms with Crippen LogP contribution in [0.3, 0.4) is 0 Å². The summed E-state index contributed by atoms with van der Waals surface area (Å²) in [6.45, 7) is 2.24. The van der Waals surface area contributed by atoms with E-state index in [0.29, 0.717) is 12.5 Å². The number of nitrogens with two attached hydrogens (primary N) is 1. The average Bonchev–Trinajstić information content (AvgIpc) is 2.42. The molecule has 0 saturated heterocycles. The summed E-state index contributed by atoms with van der Waals surface area (Å²) in [5.74, 6) is 0.770. The Hall–Kier alpha value is -0.610. The molecule has 3 N–H and O–H groups in total. The fourth-order valence-corrected chi connectivity index (χ4v) is 2.73. The van der Waals surface area contributed by atoms with Gasteiger partial charge in [-0.25, -0.2) is 0 Å². The van der Waals surface area contributed by atoms with Gasteiger partial charge in [0.2, 0.25) is 5.91 Å². The first-order valence-electron chi connectivity index (χ1n) is 7.26. The smallest absolute Gasteiger partial charge is 0.223 e. The van der Waals surface area contributed by atoms with Crippen LogP contribution in [0.25, 0.3) is 0 Å². The van der Waals surface area contributed by atoms with Gasteiger partial charge in [0.25, 0.3) is 0 Å². The molecule has 1 rings (SSSR count). The Morgan fingerprint density at radius 3 is 2.78 bits per heavy atom. The molecule has 0 spiro atoms. The van der Waals surface area contributed by atoms with Crippen molar-refractivity contribution in [2.24, 2.45) is 17.6 Å². The minimum Gasteiger partial charge on any atom is -0.385 e. The number of unbranched alkanes of at least 4 members (excludes halogenated alkanes) is 2. The molecule has 1 aliphatic carbocycles. The van der Waals surface area contributed by atoms with Gasteiger partial charge in [-0.1, -0.05) is 12.8 Å². The van der Waals surface area contributed by atoms with Crippen LogP contribution in [0, 0.1) is 11.8 Å². The van der Waals surface area contributed by atoms with Gasteiger partial charge < -0.3 is 15.8 Å². The van der Waals surface area contributed by atoms with E-state index < -0.39 is 0 Å². The molecule has 0 bridgehead atoms. The third-order valence-corrected chi connectivity index (χ3v) is 3.87. The molecule has 1 fully saturated rings. The lowest BCUT2D eigenvalue weighted by molar-refractivity contribution is -0.127. The Labute approximate surface area is 111 Å². The number of nitrogens with one attached hydrogen (secondary N) is 1. The number of ether oxygens (including phenoxy) is 1. The lowest BCUT2D eigenvalue weighted by Crippen LogP contribution is -2.39. The molecule has 4 nitrogen and oxygen atoms in total. The highest BCUT2D eigenvalue weighted by Gasteiger charge is 2.29. The SMILES string of the molecule is COCCCCCNC(=O)C1CCCCC1CN. The van der Waals surface area contributed by atoms with E-state index in [9.17, 15) is 4.79 Å². The van der Waals surface area contributed by atoms with Gasteiger partial charge in [0, 0.05) is 26.2 Å². The Morgan fingerprint density at radius 1 is 1.28 bits per heavy atom. The maximum atomic E-state index is 12.1. The van der Waals surface area contributed by atoms with E-state index in [0.717, 1.165) is 45.3 Å². The van der Waals surface area contributed by atoms with Crippen LogP contribution in [-0.2, 0) is 9.53 Å². The third-order valence-electron chi connectivity index (χ3n) is 3.87. The number of hydrogen-bond donors (Lipinski definition) is 2. The first-order valence-corrected chi connectivity index (χ1v) is 7.26. The van der Waals surface area contributed by atoms with Crippen LogP contribution in [0.5, 0.6) is 0 Å². The van der Waals surface area contributed by atoms with Gasteiger partial charge in [-0.3, -0.25) is 4.79 Å². The van der Waals surface area contributed by atoms with Crippen molar-refractivity contribution >= 4 is 5.91 Å². The van der Waals surface area contributed by atoms with Crippen LogP contribution in [0.15, 0.2) is 0 Å². The molecule has 2 atom stereocenters. The number of amides is 1. The molecule has 0 aromatic rings. The third kappa shape index (κ3) is 5.36. The molecular formula is C14H28N2O2. The first-order chi connectivity index (χ1) is 8.79. The topological polar surface area (TPSA) is 64.3 Å². The van der Waals surface area contributed by atoms with Crippen LogP contribution in [-0.4, -0.2) is 32.7 Å². The van der Waals surface area contributed by atoms with E-state index in [1.54, 1.807) is 7.11 Å². The zero-order valence-corrected chi connectivity index (χ0v) is 11.6. The molecular weight excluding hydrogens is 228 g/mol. The van der Waals surface area contributed by atoms with E-state index >= 15 is 0 Å². The van der Waals surface area contributed by atoms with Crippen molar-refractivity contribution in [1.29, 1.82) is 0 Å². The van der Waals surface area contributed by atoms with Crippen molar-refractivity contribution in [2.45, 2.75) is 44.9 Å². The van der Waals surface area contributed by atoms with Crippen molar-refractivity contribution in [3.8, 4) is 0 Å². The molecule has 2 unspecified atom stereocenters. The maximum Gasteiger partial charge on any atom is 0.223 e. The van der Waals surface area contributed by atoms with Gasteiger partial charge in [-0.2, -0.15) is 0 Å². The summed E-state index contributed by atoms with van der Waals surface area (Å²) in [6.07, 6.45) is 7.74. The van der Waals surface area contributed by atoms with E-state index in [1.807, 2.05) is 0 Å². The minimum absolute atomic E-state index is 0.155. The zero-order chi connectivity index (χ0) is 13.2. The van der Waals surface area contributed by atoms with E-state index in [4.69, 9.17) is 10.5 Å². The van der Waals surface area contributed by atoms with E-state index in [1.165, 1.54) is 12.8 Å². The quantitative estimate of drug-likeness (QED) is 0.649. The highest BCUT2D eigenvalue weighted by molar-refractivity contribution is 5.79. The van der Waals surface area contributed by atoms with Crippen molar-refractivity contribution in [1.82, 2.24) is 5.32 Å². The van der Waals surface area contributed by atoms with Crippen molar-refractivity contribution in [2.75, 3.05) is 26.8 Å². The van der Waals surface area contributed by atoms with Crippen LogP contribution >= 0.6 is 0 Å². The minimum atomic E-state index is 0.155. The Balaban J connectivity index is 2.14. The van der Waals surface area contributed by atoms with Gasteiger partial charge in [-0.05, 0) is 44.6 Å². The fourth-order valence-electron chi connectivity index (χ4n) is 2.73. The second kappa shape index (κ2) is 9.34. The molecule has 4 heteroatoms. The fraction of sp³-hybridized carbons (Fsp3) is 0.929. The van der Waals surface area contributed by atoms with Crippen LogP contribution in [0.2, 0.25) is 0 Å². The van der Waals surface area contributed by atoms with Crippen LogP contribution < -0.4 is 11.1 Å². The molecule has 0 aromatic carbocycles. The van der Waals surface area contributed by atoms with Gasteiger partial charge in [0.1, 0.15) is 0 Å². The highest BCUT2D eigenvalue weighted by atomic mass is 16.5. The van der Waals surface area contributed by atoms with Gasteiger partial charge >= 0.3 is 0 Å². The summed E-state index contributed by atoms with van der Waals surface area (Å²) >= 11 is 0. The Bertz CT molecular complexity index is 234. The number of carbonyl (C=O) groups is 1. The number of carbonyl (C=O) groups excluding carboxylic acids is 1. The molecule has 18 heavy (non-hydrogen) atoms. The van der Waals surface area contributed by atoms with Gasteiger partial charge in [0.15, 0.2) is 0 Å². The first kappa shape index (κ1) is 15.4. The molecule has 0 aromatic heterocycles. The molecule has 0 radical (unpaired) electrons. The maximum absolute atomic E-state index is 12.1. The normalized spacial score (nSPS) is 23.9. The van der Waals surface area contributed by atoms with Crippen molar-refractivity contribution in [3.05, 3.63) is 0 Å². The number of rotatable bonds is 8. The predicted octanol–water partition coefficient (Wildman–Crippen LogP) is 1.68. The largest absolute Gasteiger partial charge is 0.385 e. The zero-order valence-electron chi connectivity index (χ0n) is 11.6. The van der Waals surface area contributed by atoms with E-state index in [2.05, 4.69) is 5.32 Å². The lowest BCUT2D eigenvalue weighted by atomic mass is 9.79. The standard InChI is InChI=1S/C14H28N2O2/c1-18-10-6-2-5-9-16-14(17)13-8-4-3-7-12(13)11-15/h12-13H,2-11,15H2,1H3,(H,16,17). The summed E-state index contributed by atoms with van der Waals surface area (Å²) in [5.41, 5.74) is 5.75. The molecule has 1 aliphatic rings. The Morgan fingerprint density at radius 2 is 2.06 bits per heavy atom. The molecule has 1 amide bonds. The van der Waals surface area contributed by atoms with Crippen molar-refractivity contribution in [3.63, 3.8) is 0 Å². The predicted molar refractivity (Wildman–Crippen MR) is 73.2 cm³/mol. The second-order valence-corrected chi connectivity index (χ2v) is 5.23. The van der Waals surface area contributed by atoms with Crippen LogP contribution in [0.1, 0.15) is 44.9 Å². The summed E-state index contributed by atoms with van der Waals surface area (Å²) in [4.78, 5) is 12.1. The second-order valence-electron chi connectivity index (χ2n) is 5.23. The molecule has 106 valence electrons. The molecule has 0 aliphatic heterocycles. The molecule has 1 saturated carbocycles. The van der Waals surface area contributed by atoms with Gasteiger partial charge in [-0.15, -0.1) is 0 Å². The van der Waals surface area contributed by atoms with Gasteiger partial charge in [0.05, 0.1) is 0 Å². The number of hydrogen-bond acceptors (Lipinski definition) is 3. The average molecular weight is 256 g/mol.